The Hall–Kier alpha value is -3.63. The first kappa shape index (κ1) is 28.4. The van der Waals surface area contributed by atoms with E-state index in [1.165, 1.54) is 18.5 Å². The molecule has 1 aromatic heterocycles. The smallest absolute Gasteiger partial charge is 0.306 e. The van der Waals surface area contributed by atoms with Gasteiger partial charge in [-0.1, -0.05) is 37.3 Å². The molecule has 2 atom stereocenters. The summed E-state index contributed by atoms with van der Waals surface area (Å²) in [5, 5.41) is 2.56. The summed E-state index contributed by atoms with van der Waals surface area (Å²) in [4.78, 5) is 24.8. The zero-order valence-electron chi connectivity index (χ0n) is 22.8. The number of esters is 1. The summed E-state index contributed by atoms with van der Waals surface area (Å²) in [6.45, 7) is 5.98. The van der Waals surface area contributed by atoms with E-state index in [1.807, 2.05) is 32.0 Å². The number of amides is 1. The van der Waals surface area contributed by atoms with E-state index in [4.69, 9.17) is 13.9 Å². The maximum atomic E-state index is 13.7. The highest BCUT2D eigenvalue weighted by atomic mass is 32.2. The first-order valence-electron chi connectivity index (χ1n) is 12.8. The molecule has 1 aliphatic heterocycles. The molecule has 4 rings (SSSR count). The number of hydrogen-bond donors (Lipinski definition) is 1. The van der Waals surface area contributed by atoms with E-state index < -0.39 is 21.9 Å². The fraction of sp³-hybridized carbons (Fsp3) is 0.379. The Balaban J connectivity index is 1.74. The topological polar surface area (TPSA) is 115 Å². The molecule has 3 aromatic rings. The normalized spacial score (nSPS) is 17.4. The number of hydrogen-bond acceptors (Lipinski definition) is 7. The third kappa shape index (κ3) is 5.86. The van der Waals surface area contributed by atoms with Crippen LogP contribution in [0.15, 0.2) is 57.8 Å². The second-order valence-corrected chi connectivity index (χ2v) is 11.6. The van der Waals surface area contributed by atoms with Gasteiger partial charge >= 0.3 is 5.97 Å². The molecule has 9 nitrogen and oxygen atoms in total. The van der Waals surface area contributed by atoms with Gasteiger partial charge in [0.25, 0.3) is 5.91 Å². The van der Waals surface area contributed by atoms with Crippen molar-refractivity contribution in [1.82, 2.24) is 9.62 Å². The summed E-state index contributed by atoms with van der Waals surface area (Å²) < 4.78 is 45.7. The highest BCUT2D eigenvalue weighted by Crippen LogP contribution is 2.35. The van der Waals surface area contributed by atoms with Gasteiger partial charge in [0.05, 0.1) is 26.0 Å². The summed E-state index contributed by atoms with van der Waals surface area (Å²) in [7, 11) is -0.993. The summed E-state index contributed by atoms with van der Waals surface area (Å²) in [6, 6.07) is 14.1. The monoisotopic (exact) mass is 554 g/mol. The summed E-state index contributed by atoms with van der Waals surface area (Å²) in [6.07, 6.45) is 0.333. The average molecular weight is 555 g/mol. The first-order valence-corrected chi connectivity index (χ1v) is 14.3. The molecule has 0 spiro atoms. The number of benzene rings is 2. The molecule has 1 aliphatic rings. The zero-order chi connectivity index (χ0) is 28.3. The minimum Gasteiger partial charge on any atom is -0.488 e. The third-order valence-electron chi connectivity index (χ3n) is 7.06. The number of carbonyl (C=O) groups excluding carboxylic acids is 2. The maximum Gasteiger partial charge on any atom is 0.306 e. The van der Waals surface area contributed by atoms with E-state index in [2.05, 4.69) is 5.32 Å². The van der Waals surface area contributed by atoms with Crippen LogP contribution in [-0.2, 0) is 26.1 Å². The van der Waals surface area contributed by atoms with Crippen molar-refractivity contribution in [2.24, 2.45) is 0 Å². The lowest BCUT2D eigenvalue weighted by atomic mass is 9.90. The molecular formula is C29H34N2O7S. The third-order valence-corrected chi connectivity index (χ3v) is 8.91. The van der Waals surface area contributed by atoms with Gasteiger partial charge in [0.1, 0.15) is 22.5 Å². The van der Waals surface area contributed by atoms with Gasteiger partial charge in [-0.05, 0) is 55.2 Å². The van der Waals surface area contributed by atoms with Crippen molar-refractivity contribution in [3.8, 4) is 5.75 Å². The fourth-order valence-corrected chi connectivity index (χ4v) is 6.29. The molecule has 0 bridgehead atoms. The molecule has 39 heavy (non-hydrogen) atoms. The van der Waals surface area contributed by atoms with Crippen molar-refractivity contribution in [2.75, 3.05) is 20.7 Å². The Morgan fingerprint density at radius 2 is 1.87 bits per heavy atom. The Morgan fingerprint density at radius 1 is 1.13 bits per heavy atom. The molecule has 0 saturated carbocycles. The molecular weight excluding hydrogens is 520 g/mol. The number of sulfonamides is 1. The van der Waals surface area contributed by atoms with Crippen molar-refractivity contribution in [2.45, 2.75) is 57.1 Å². The maximum absolute atomic E-state index is 13.7. The Morgan fingerprint density at radius 3 is 2.56 bits per heavy atom. The Kier molecular flexibility index (Phi) is 8.46. The van der Waals surface area contributed by atoms with Crippen LogP contribution in [0.25, 0.3) is 0 Å². The van der Waals surface area contributed by atoms with Crippen LogP contribution >= 0.6 is 0 Å². The molecule has 0 saturated heterocycles. The Bertz CT molecular complexity index is 1480. The molecule has 1 unspecified atom stereocenters. The predicted molar refractivity (Wildman–Crippen MR) is 145 cm³/mol. The largest absolute Gasteiger partial charge is 0.488 e. The van der Waals surface area contributed by atoms with Gasteiger partial charge in [-0.15, -0.1) is 0 Å². The van der Waals surface area contributed by atoms with Crippen LogP contribution in [0.2, 0.25) is 0 Å². The molecule has 10 heteroatoms. The van der Waals surface area contributed by atoms with Gasteiger partial charge in [0.15, 0.2) is 5.76 Å². The predicted octanol–water partition coefficient (Wildman–Crippen LogP) is 4.31. The zero-order valence-corrected chi connectivity index (χ0v) is 23.6. The second kappa shape index (κ2) is 11.6. The summed E-state index contributed by atoms with van der Waals surface area (Å²) >= 11 is 0. The van der Waals surface area contributed by atoms with Crippen molar-refractivity contribution >= 4 is 21.9 Å². The molecule has 0 aliphatic carbocycles. The van der Waals surface area contributed by atoms with Crippen molar-refractivity contribution in [3.63, 3.8) is 0 Å². The quantitative estimate of drug-likeness (QED) is 0.413. The van der Waals surface area contributed by atoms with Crippen molar-refractivity contribution in [3.05, 3.63) is 82.3 Å². The molecule has 2 heterocycles. The lowest BCUT2D eigenvalue weighted by Gasteiger charge is -2.24. The second-order valence-electron chi connectivity index (χ2n) is 9.65. The number of nitrogens with zero attached hydrogens (tertiary/aromatic N) is 1. The number of furan rings is 1. The minimum absolute atomic E-state index is 0.0136. The highest BCUT2D eigenvalue weighted by Gasteiger charge is 2.34. The number of carbonyl (C=O) groups is 2. The summed E-state index contributed by atoms with van der Waals surface area (Å²) in [5.74, 6) is -0.360. The van der Waals surface area contributed by atoms with E-state index in [9.17, 15) is 18.0 Å². The number of methoxy groups -OCH3 is 1. The molecule has 0 radical (unpaired) electrons. The van der Waals surface area contributed by atoms with Crippen LogP contribution in [0, 0.1) is 13.8 Å². The van der Waals surface area contributed by atoms with E-state index in [1.54, 1.807) is 37.3 Å². The van der Waals surface area contributed by atoms with Gasteiger partial charge in [0.2, 0.25) is 10.0 Å². The highest BCUT2D eigenvalue weighted by molar-refractivity contribution is 7.89. The fourth-order valence-electron chi connectivity index (χ4n) is 4.72. The van der Waals surface area contributed by atoms with E-state index in [0.717, 1.165) is 16.7 Å². The molecule has 0 fully saturated rings. The molecule has 1 N–H and O–H groups in total. The van der Waals surface area contributed by atoms with Gasteiger partial charge in [0, 0.05) is 19.2 Å². The van der Waals surface area contributed by atoms with E-state index in [-0.39, 0.29) is 42.2 Å². The van der Waals surface area contributed by atoms with Crippen LogP contribution in [0.3, 0.4) is 0 Å². The molecule has 2 aromatic carbocycles. The lowest BCUT2D eigenvalue weighted by molar-refractivity contribution is -0.140. The van der Waals surface area contributed by atoms with Crippen LogP contribution in [0.4, 0.5) is 0 Å². The SMILES string of the molecule is CC[C@@H]1CN(Cc2cc(C(CC(=O)OC)c3cc(C)c(C(=O)NC)o3)ccc2C)S(=O)(=O)c2ccccc2O1. The summed E-state index contributed by atoms with van der Waals surface area (Å²) in [5.41, 5.74) is 3.08. The first-order chi connectivity index (χ1) is 18.6. The number of ether oxygens (including phenoxy) is 2. The van der Waals surface area contributed by atoms with Crippen molar-refractivity contribution < 1.29 is 31.9 Å². The van der Waals surface area contributed by atoms with Crippen molar-refractivity contribution in [1.29, 1.82) is 0 Å². The number of fused-ring (bicyclic) bond motifs is 1. The van der Waals surface area contributed by atoms with Gasteiger partial charge in [-0.25, -0.2) is 8.42 Å². The van der Waals surface area contributed by atoms with Crippen LogP contribution in [0.5, 0.6) is 5.75 Å². The number of para-hydroxylation sites is 1. The van der Waals surface area contributed by atoms with Crippen LogP contribution < -0.4 is 10.1 Å². The van der Waals surface area contributed by atoms with Gasteiger partial charge in [-0.2, -0.15) is 4.31 Å². The van der Waals surface area contributed by atoms with E-state index >= 15 is 0 Å². The molecule has 1 amide bonds. The van der Waals surface area contributed by atoms with E-state index in [0.29, 0.717) is 23.5 Å². The number of nitrogens with one attached hydrogen (secondary N) is 1. The molecule has 208 valence electrons. The minimum atomic E-state index is -3.83. The lowest BCUT2D eigenvalue weighted by Crippen LogP contribution is -2.36. The number of aryl methyl sites for hydroxylation is 2. The standard InChI is InChI=1S/C29H34N2O7S/c1-6-22-17-31(39(34,35)26-10-8-7-9-24(26)37-22)16-21-14-20(12-11-18(21)2)23(15-27(32)36-5)25-13-19(3)28(38-25)29(33)30-4/h7-14,22-23H,6,15-17H2,1-5H3,(H,30,33)/t22-,23?/m1/s1. The Labute approximate surface area is 229 Å². The van der Waals surface area contributed by atoms with Gasteiger partial charge < -0.3 is 19.2 Å². The van der Waals surface area contributed by atoms with Crippen LogP contribution in [0.1, 0.15) is 64.3 Å². The average Bonchev–Trinajstić information content (AvgIpc) is 3.27. The number of rotatable bonds is 8. The van der Waals surface area contributed by atoms with Crippen LogP contribution in [-0.4, -0.2) is 51.4 Å². The van der Waals surface area contributed by atoms with Gasteiger partial charge in [-0.3, -0.25) is 9.59 Å².